The molecule has 0 N–H and O–H groups in total. The first kappa shape index (κ1) is 9.92. The van der Waals surface area contributed by atoms with Crippen LogP contribution in [-0.4, -0.2) is 14.9 Å². The van der Waals surface area contributed by atoms with E-state index >= 15 is 0 Å². The van der Waals surface area contributed by atoms with Crippen LogP contribution >= 0.6 is 0 Å². The van der Waals surface area contributed by atoms with Gasteiger partial charge in [-0.1, -0.05) is 19.1 Å². The molecule has 0 aromatic carbocycles. The van der Waals surface area contributed by atoms with Crippen molar-refractivity contribution in [3.05, 3.63) is 12.2 Å². The van der Waals surface area contributed by atoms with Gasteiger partial charge in [-0.05, 0) is 26.1 Å². The molecular formula is C8H18OSi. The summed E-state index contributed by atoms with van der Waals surface area (Å²) in [5.74, 6) is 0. The van der Waals surface area contributed by atoms with Crippen molar-refractivity contribution in [1.82, 2.24) is 0 Å². The van der Waals surface area contributed by atoms with Gasteiger partial charge in [0, 0.05) is 0 Å². The highest BCUT2D eigenvalue weighted by atomic mass is 28.4. The minimum absolute atomic E-state index is 0.795. The summed E-state index contributed by atoms with van der Waals surface area (Å²) in [6, 6.07) is 0. The fraction of sp³-hybridized carbons (Fsp3) is 0.750. The van der Waals surface area contributed by atoms with Crippen LogP contribution in [0.4, 0.5) is 0 Å². The molecule has 0 aromatic heterocycles. The molecule has 0 unspecified atom stereocenters. The van der Waals surface area contributed by atoms with Crippen LogP contribution < -0.4 is 0 Å². The maximum atomic E-state index is 5.58. The Balaban J connectivity index is 3.28. The zero-order valence-corrected chi connectivity index (χ0v) is 8.48. The van der Waals surface area contributed by atoms with Gasteiger partial charge in [0.2, 0.25) is 0 Å². The summed E-state index contributed by atoms with van der Waals surface area (Å²) in [5.41, 5.74) is 0. The average molecular weight is 158 g/mol. The van der Waals surface area contributed by atoms with Gasteiger partial charge < -0.3 is 4.43 Å². The highest BCUT2D eigenvalue weighted by molar-refractivity contribution is 6.69. The molecule has 0 bridgehead atoms. The van der Waals surface area contributed by atoms with Gasteiger partial charge in [-0.15, -0.1) is 0 Å². The Kier molecular flexibility index (Phi) is 4.65. The number of allylic oxidation sites excluding steroid dienone is 1. The van der Waals surface area contributed by atoms with E-state index in [0.717, 1.165) is 13.0 Å². The molecule has 0 aliphatic rings. The number of hydrogen-bond donors (Lipinski definition) is 0. The van der Waals surface area contributed by atoms with Crippen molar-refractivity contribution in [2.75, 3.05) is 6.61 Å². The van der Waals surface area contributed by atoms with Crippen molar-refractivity contribution in [2.45, 2.75) is 33.0 Å². The molecule has 0 fully saturated rings. The van der Waals surface area contributed by atoms with Crippen molar-refractivity contribution in [2.24, 2.45) is 0 Å². The molecule has 0 saturated heterocycles. The Morgan fingerprint density at radius 2 is 1.80 bits per heavy atom. The van der Waals surface area contributed by atoms with Crippen LogP contribution in [0.1, 0.15) is 13.3 Å². The summed E-state index contributed by atoms with van der Waals surface area (Å²) in [4.78, 5) is 0. The molecule has 1 nitrogen and oxygen atoms in total. The molecule has 10 heavy (non-hydrogen) atoms. The lowest BCUT2D eigenvalue weighted by Gasteiger charge is -2.14. The fourth-order valence-corrected chi connectivity index (χ4v) is 1.13. The lowest BCUT2D eigenvalue weighted by atomic mass is 10.4. The van der Waals surface area contributed by atoms with Gasteiger partial charge in [0.1, 0.15) is 0 Å². The van der Waals surface area contributed by atoms with Crippen LogP contribution in [0, 0.1) is 0 Å². The smallest absolute Gasteiger partial charge is 0.184 e. The SMILES string of the molecule is CC/C=C/CO[Si](C)(C)C. The van der Waals surface area contributed by atoms with Crippen LogP contribution in [-0.2, 0) is 4.43 Å². The minimum Gasteiger partial charge on any atom is -0.414 e. The van der Waals surface area contributed by atoms with Gasteiger partial charge >= 0.3 is 0 Å². The lowest BCUT2D eigenvalue weighted by Crippen LogP contribution is -2.25. The van der Waals surface area contributed by atoms with Crippen molar-refractivity contribution < 1.29 is 4.43 Å². The summed E-state index contributed by atoms with van der Waals surface area (Å²) < 4.78 is 5.58. The minimum atomic E-state index is -1.26. The van der Waals surface area contributed by atoms with Gasteiger partial charge in [-0.2, -0.15) is 0 Å². The van der Waals surface area contributed by atoms with E-state index in [0.29, 0.717) is 0 Å². The van der Waals surface area contributed by atoms with Crippen LogP contribution in [0.25, 0.3) is 0 Å². The van der Waals surface area contributed by atoms with Crippen LogP contribution in [0.3, 0.4) is 0 Å². The first-order chi connectivity index (χ1) is 4.56. The first-order valence-corrected chi connectivity index (χ1v) is 7.26. The highest BCUT2D eigenvalue weighted by Crippen LogP contribution is 2.01. The molecule has 0 atom stereocenters. The summed E-state index contributed by atoms with van der Waals surface area (Å²) in [6.07, 6.45) is 5.34. The maximum absolute atomic E-state index is 5.58. The van der Waals surface area contributed by atoms with E-state index in [1.165, 1.54) is 0 Å². The normalized spacial score (nSPS) is 12.8. The molecule has 0 aromatic rings. The lowest BCUT2D eigenvalue weighted by molar-refractivity contribution is 0.357. The van der Waals surface area contributed by atoms with Gasteiger partial charge in [-0.3, -0.25) is 0 Å². The Morgan fingerprint density at radius 3 is 2.20 bits per heavy atom. The van der Waals surface area contributed by atoms with Gasteiger partial charge in [-0.25, -0.2) is 0 Å². The van der Waals surface area contributed by atoms with Crippen LogP contribution in [0.2, 0.25) is 19.6 Å². The Bertz CT molecular complexity index is 102. The van der Waals surface area contributed by atoms with Gasteiger partial charge in [0.25, 0.3) is 0 Å². The molecule has 60 valence electrons. The zero-order chi connectivity index (χ0) is 8.04. The van der Waals surface area contributed by atoms with E-state index in [1.807, 2.05) is 0 Å². The maximum Gasteiger partial charge on any atom is 0.184 e. The fourth-order valence-electron chi connectivity index (χ4n) is 0.533. The largest absolute Gasteiger partial charge is 0.414 e. The second-order valence-corrected chi connectivity index (χ2v) is 7.82. The third kappa shape index (κ3) is 7.92. The zero-order valence-electron chi connectivity index (χ0n) is 7.48. The van der Waals surface area contributed by atoms with E-state index in [4.69, 9.17) is 4.43 Å². The molecule has 2 heteroatoms. The molecule has 0 rings (SSSR count). The summed E-state index contributed by atoms with van der Waals surface area (Å²) in [6.45, 7) is 9.53. The van der Waals surface area contributed by atoms with Crippen molar-refractivity contribution in [1.29, 1.82) is 0 Å². The second-order valence-electron chi connectivity index (χ2n) is 3.30. The van der Waals surface area contributed by atoms with E-state index in [9.17, 15) is 0 Å². The molecule has 0 aliphatic carbocycles. The molecule has 0 saturated carbocycles. The van der Waals surface area contributed by atoms with Crippen molar-refractivity contribution in [3.8, 4) is 0 Å². The number of hydrogen-bond acceptors (Lipinski definition) is 1. The predicted molar refractivity (Wildman–Crippen MR) is 48.7 cm³/mol. The first-order valence-electron chi connectivity index (χ1n) is 3.85. The van der Waals surface area contributed by atoms with Crippen molar-refractivity contribution in [3.63, 3.8) is 0 Å². The van der Waals surface area contributed by atoms with Gasteiger partial charge in [0.05, 0.1) is 6.61 Å². The quantitative estimate of drug-likeness (QED) is 0.451. The van der Waals surface area contributed by atoms with Gasteiger partial charge in [0.15, 0.2) is 8.32 Å². The van der Waals surface area contributed by atoms with Crippen molar-refractivity contribution >= 4 is 8.32 Å². The standard InChI is InChI=1S/C8H18OSi/c1-5-6-7-8-9-10(2,3)4/h6-7H,5,8H2,1-4H3/b7-6+. The Morgan fingerprint density at radius 1 is 1.20 bits per heavy atom. The second kappa shape index (κ2) is 4.69. The van der Waals surface area contributed by atoms with Crippen LogP contribution in [0.15, 0.2) is 12.2 Å². The monoisotopic (exact) mass is 158 g/mol. The average Bonchev–Trinajstić information content (AvgIpc) is 1.78. The topological polar surface area (TPSA) is 9.23 Å². The predicted octanol–water partition coefficient (Wildman–Crippen LogP) is 2.80. The van der Waals surface area contributed by atoms with E-state index in [1.54, 1.807) is 0 Å². The molecular weight excluding hydrogens is 140 g/mol. The highest BCUT2D eigenvalue weighted by Gasteiger charge is 2.11. The van der Waals surface area contributed by atoms with E-state index < -0.39 is 8.32 Å². The third-order valence-electron chi connectivity index (χ3n) is 1.01. The summed E-state index contributed by atoms with van der Waals surface area (Å²) in [5, 5.41) is 0. The molecule has 0 aliphatic heterocycles. The molecule has 0 amide bonds. The Hall–Kier alpha value is -0.0831. The third-order valence-corrected chi connectivity index (χ3v) is 2.05. The molecule has 0 radical (unpaired) electrons. The number of rotatable bonds is 4. The summed E-state index contributed by atoms with van der Waals surface area (Å²) in [7, 11) is -1.26. The molecule has 0 heterocycles. The van der Waals surface area contributed by atoms with E-state index in [-0.39, 0.29) is 0 Å². The van der Waals surface area contributed by atoms with E-state index in [2.05, 4.69) is 38.7 Å². The summed E-state index contributed by atoms with van der Waals surface area (Å²) >= 11 is 0. The van der Waals surface area contributed by atoms with Crippen LogP contribution in [0.5, 0.6) is 0 Å². The molecule has 0 spiro atoms. The Labute approximate surface area is 65.2 Å².